The first-order valence-electron chi connectivity index (χ1n) is 10.9. The molecule has 4 rings (SSSR count). The van der Waals surface area contributed by atoms with Crippen LogP contribution in [0.15, 0.2) is 46.0 Å². The Morgan fingerprint density at radius 1 is 1.09 bits per heavy atom. The molecule has 1 fully saturated rings. The molecule has 1 atom stereocenters. The van der Waals surface area contributed by atoms with E-state index in [0.29, 0.717) is 29.8 Å². The minimum absolute atomic E-state index is 0.0226. The second-order valence-corrected chi connectivity index (χ2v) is 7.85. The quantitative estimate of drug-likeness (QED) is 0.532. The van der Waals surface area contributed by atoms with E-state index in [-0.39, 0.29) is 35.7 Å². The first-order chi connectivity index (χ1) is 16.5. The van der Waals surface area contributed by atoms with E-state index in [9.17, 15) is 14.4 Å². The minimum Gasteiger partial charge on any atom is -0.493 e. The monoisotopic (exact) mass is 469 g/mol. The standard InChI is InChI=1S/C24H27N3O7/c1-31-19-11-15(12-20(32-2)22(19)33-3)27-23(29)17-8-4-5-9-18(17)26(24(27)30)14-21(28)25-13-16-7-6-10-34-16/h4-5,8-9,11-12,16H,6-7,10,13-14H2,1-3H3,(H,25,28)/t16-/m0/s1. The highest BCUT2D eigenvalue weighted by Crippen LogP contribution is 2.38. The predicted octanol–water partition coefficient (Wildman–Crippen LogP) is 1.47. The number of nitrogens with zero attached hydrogens (tertiary/aromatic N) is 2. The lowest BCUT2D eigenvalue weighted by molar-refractivity contribution is -0.122. The molecule has 34 heavy (non-hydrogen) atoms. The van der Waals surface area contributed by atoms with Crippen LogP contribution in [-0.4, -0.2) is 55.6 Å². The van der Waals surface area contributed by atoms with Crippen molar-refractivity contribution in [2.75, 3.05) is 34.5 Å². The van der Waals surface area contributed by atoms with Crippen LogP contribution in [0.2, 0.25) is 0 Å². The van der Waals surface area contributed by atoms with Crippen LogP contribution < -0.4 is 30.8 Å². The van der Waals surface area contributed by atoms with Crippen LogP contribution in [0.4, 0.5) is 0 Å². The molecular formula is C24H27N3O7. The molecule has 0 bridgehead atoms. The highest BCUT2D eigenvalue weighted by molar-refractivity contribution is 5.82. The molecule has 0 unspecified atom stereocenters. The first kappa shape index (κ1) is 23.4. The molecule has 3 aromatic rings. The smallest absolute Gasteiger partial charge is 0.336 e. The average molecular weight is 469 g/mol. The van der Waals surface area contributed by atoms with Crippen molar-refractivity contribution in [3.8, 4) is 22.9 Å². The van der Waals surface area contributed by atoms with Crippen molar-refractivity contribution in [2.24, 2.45) is 0 Å². The fourth-order valence-electron chi connectivity index (χ4n) is 4.13. The summed E-state index contributed by atoms with van der Waals surface area (Å²) in [6, 6.07) is 9.71. The van der Waals surface area contributed by atoms with E-state index in [1.807, 2.05) is 0 Å². The van der Waals surface area contributed by atoms with Gasteiger partial charge in [0.2, 0.25) is 11.7 Å². The van der Waals surface area contributed by atoms with Gasteiger partial charge in [-0.15, -0.1) is 0 Å². The summed E-state index contributed by atoms with van der Waals surface area (Å²) in [7, 11) is 4.35. The molecule has 0 radical (unpaired) electrons. The summed E-state index contributed by atoms with van der Waals surface area (Å²) >= 11 is 0. The van der Waals surface area contributed by atoms with Gasteiger partial charge < -0.3 is 24.3 Å². The Morgan fingerprint density at radius 3 is 2.41 bits per heavy atom. The number of ether oxygens (including phenoxy) is 4. The zero-order chi connectivity index (χ0) is 24.2. The van der Waals surface area contributed by atoms with Gasteiger partial charge in [-0.25, -0.2) is 9.36 Å². The van der Waals surface area contributed by atoms with Crippen molar-refractivity contribution in [1.29, 1.82) is 0 Å². The molecule has 0 aliphatic carbocycles. The third-order valence-electron chi connectivity index (χ3n) is 5.81. The Labute approximate surface area is 195 Å². The topological polar surface area (TPSA) is 110 Å². The number of rotatable bonds is 8. The second-order valence-electron chi connectivity index (χ2n) is 7.85. The lowest BCUT2D eigenvalue weighted by Crippen LogP contribution is -2.42. The van der Waals surface area contributed by atoms with Gasteiger partial charge in [0.25, 0.3) is 5.56 Å². The lowest BCUT2D eigenvalue weighted by atomic mass is 10.2. The Hall–Kier alpha value is -3.79. The Morgan fingerprint density at radius 2 is 1.79 bits per heavy atom. The van der Waals surface area contributed by atoms with Crippen LogP contribution in [0.3, 0.4) is 0 Å². The van der Waals surface area contributed by atoms with Crippen LogP contribution in [-0.2, 0) is 16.1 Å². The van der Waals surface area contributed by atoms with E-state index < -0.39 is 11.2 Å². The number of amides is 1. The molecular weight excluding hydrogens is 442 g/mol. The maximum Gasteiger partial charge on any atom is 0.336 e. The average Bonchev–Trinajstić information content (AvgIpc) is 3.38. The number of benzene rings is 2. The molecule has 1 amide bonds. The van der Waals surface area contributed by atoms with Crippen LogP contribution >= 0.6 is 0 Å². The van der Waals surface area contributed by atoms with Crippen molar-refractivity contribution in [1.82, 2.24) is 14.5 Å². The van der Waals surface area contributed by atoms with E-state index in [2.05, 4.69) is 5.32 Å². The van der Waals surface area contributed by atoms with Crippen molar-refractivity contribution in [3.05, 3.63) is 57.2 Å². The summed E-state index contributed by atoms with van der Waals surface area (Å²) in [5.74, 6) is 0.559. The largest absolute Gasteiger partial charge is 0.493 e. The molecule has 1 aliphatic heterocycles. The SMILES string of the molecule is COc1cc(-n2c(=O)c3ccccc3n(CC(=O)NC[C@@H]3CCCO3)c2=O)cc(OC)c1OC. The molecule has 1 aliphatic rings. The fourth-order valence-corrected chi connectivity index (χ4v) is 4.13. The Kier molecular flexibility index (Phi) is 6.87. The number of methoxy groups -OCH3 is 3. The van der Waals surface area contributed by atoms with E-state index >= 15 is 0 Å². The van der Waals surface area contributed by atoms with Gasteiger partial charge in [-0.3, -0.25) is 14.2 Å². The predicted molar refractivity (Wildman–Crippen MR) is 125 cm³/mol. The van der Waals surface area contributed by atoms with Crippen LogP contribution in [0.1, 0.15) is 12.8 Å². The molecule has 0 saturated carbocycles. The normalized spacial score (nSPS) is 15.3. The zero-order valence-corrected chi connectivity index (χ0v) is 19.3. The molecule has 1 aromatic heterocycles. The zero-order valence-electron chi connectivity index (χ0n) is 19.3. The van der Waals surface area contributed by atoms with Crippen LogP contribution in [0.5, 0.6) is 17.2 Å². The second kappa shape index (κ2) is 10.0. The number of fused-ring (bicyclic) bond motifs is 1. The molecule has 0 spiro atoms. The van der Waals surface area contributed by atoms with Crippen molar-refractivity contribution < 1.29 is 23.7 Å². The maximum absolute atomic E-state index is 13.6. The number of carbonyl (C=O) groups is 1. The van der Waals surface area contributed by atoms with Gasteiger partial charge in [0.05, 0.1) is 44.0 Å². The third kappa shape index (κ3) is 4.36. The molecule has 10 nitrogen and oxygen atoms in total. The van der Waals surface area contributed by atoms with E-state index in [1.54, 1.807) is 24.3 Å². The Balaban J connectivity index is 1.82. The van der Waals surface area contributed by atoms with Gasteiger partial charge in [0, 0.05) is 25.3 Å². The summed E-state index contributed by atoms with van der Waals surface area (Å²) < 4.78 is 23.9. The van der Waals surface area contributed by atoms with Gasteiger partial charge in [-0.05, 0) is 25.0 Å². The summed E-state index contributed by atoms with van der Waals surface area (Å²) in [5, 5.41) is 3.12. The molecule has 10 heteroatoms. The van der Waals surface area contributed by atoms with E-state index in [1.165, 1.54) is 38.0 Å². The van der Waals surface area contributed by atoms with Crippen molar-refractivity contribution >= 4 is 16.8 Å². The number of hydrogen-bond donors (Lipinski definition) is 1. The third-order valence-corrected chi connectivity index (χ3v) is 5.81. The molecule has 1 N–H and O–H groups in total. The number of para-hydroxylation sites is 1. The highest BCUT2D eigenvalue weighted by atomic mass is 16.5. The van der Waals surface area contributed by atoms with Gasteiger partial charge in [-0.1, -0.05) is 12.1 Å². The fraction of sp³-hybridized carbons (Fsp3) is 0.375. The first-order valence-corrected chi connectivity index (χ1v) is 10.9. The summed E-state index contributed by atoms with van der Waals surface area (Å²) in [5.41, 5.74) is -0.589. The van der Waals surface area contributed by atoms with Gasteiger partial charge in [0.15, 0.2) is 11.5 Å². The number of aromatic nitrogens is 2. The van der Waals surface area contributed by atoms with E-state index in [4.69, 9.17) is 18.9 Å². The molecule has 2 heterocycles. The molecule has 180 valence electrons. The van der Waals surface area contributed by atoms with Gasteiger partial charge >= 0.3 is 5.69 Å². The van der Waals surface area contributed by atoms with E-state index in [0.717, 1.165) is 17.4 Å². The minimum atomic E-state index is -0.662. The molecule has 2 aromatic carbocycles. The van der Waals surface area contributed by atoms with Crippen molar-refractivity contribution in [2.45, 2.75) is 25.5 Å². The summed E-state index contributed by atoms with van der Waals surface area (Å²) in [4.78, 5) is 39.6. The summed E-state index contributed by atoms with van der Waals surface area (Å²) in [6.07, 6.45) is 1.82. The van der Waals surface area contributed by atoms with Gasteiger partial charge in [-0.2, -0.15) is 0 Å². The van der Waals surface area contributed by atoms with Crippen LogP contribution in [0, 0.1) is 0 Å². The number of carbonyl (C=O) groups excluding carboxylic acids is 1. The van der Waals surface area contributed by atoms with Crippen molar-refractivity contribution in [3.63, 3.8) is 0 Å². The molecule has 1 saturated heterocycles. The lowest BCUT2D eigenvalue weighted by Gasteiger charge is -2.17. The number of nitrogens with one attached hydrogen (secondary N) is 1. The highest BCUT2D eigenvalue weighted by Gasteiger charge is 2.21. The Bertz CT molecular complexity index is 1300. The summed E-state index contributed by atoms with van der Waals surface area (Å²) in [6.45, 7) is 0.805. The van der Waals surface area contributed by atoms with Gasteiger partial charge in [0.1, 0.15) is 6.54 Å². The van der Waals surface area contributed by atoms with Crippen LogP contribution in [0.25, 0.3) is 16.6 Å². The number of hydrogen-bond acceptors (Lipinski definition) is 7. The maximum atomic E-state index is 13.6.